The molecule has 1 aliphatic heterocycles. The topological polar surface area (TPSA) is 61.4 Å². The number of carbonyl (C=O) groups excluding carboxylic acids is 1. The van der Waals surface area contributed by atoms with Crippen LogP contribution < -0.4 is 15.1 Å². The van der Waals surface area contributed by atoms with Gasteiger partial charge < -0.3 is 15.1 Å². The van der Waals surface area contributed by atoms with Crippen LogP contribution in [-0.4, -0.2) is 48.6 Å². The van der Waals surface area contributed by atoms with E-state index < -0.39 is 0 Å². The van der Waals surface area contributed by atoms with Gasteiger partial charge in [0.25, 0.3) is 5.91 Å². The number of nitrogens with one attached hydrogen (secondary N) is 1. The predicted octanol–water partition coefficient (Wildman–Crippen LogP) is 1.72. The third kappa shape index (κ3) is 3.71. The lowest BCUT2D eigenvalue weighted by Gasteiger charge is -2.36. The highest BCUT2D eigenvalue weighted by Gasteiger charge is 2.19. The number of rotatable bonds is 5. The first-order valence-electron chi connectivity index (χ1n) is 8.04. The van der Waals surface area contributed by atoms with E-state index in [4.69, 9.17) is 0 Å². The van der Waals surface area contributed by atoms with Gasteiger partial charge in [-0.3, -0.25) is 4.79 Å². The third-order valence-electron chi connectivity index (χ3n) is 4.02. The molecule has 24 heavy (non-hydrogen) atoms. The van der Waals surface area contributed by atoms with Crippen molar-refractivity contribution in [1.82, 2.24) is 15.3 Å². The molecule has 124 valence electrons. The molecular weight excluding hydrogens is 302 g/mol. The number of benzene rings is 1. The number of amides is 1. The number of hydrogen-bond donors (Lipinski definition) is 1. The molecule has 0 saturated carbocycles. The highest BCUT2D eigenvalue weighted by atomic mass is 16.1. The van der Waals surface area contributed by atoms with E-state index in [1.165, 1.54) is 12.0 Å². The summed E-state index contributed by atoms with van der Waals surface area (Å²) in [6.07, 6.45) is 3.09. The van der Waals surface area contributed by atoms with Crippen molar-refractivity contribution in [2.45, 2.75) is 0 Å². The fourth-order valence-corrected chi connectivity index (χ4v) is 2.73. The normalized spacial score (nSPS) is 14.3. The number of carbonyl (C=O) groups is 1. The van der Waals surface area contributed by atoms with Crippen LogP contribution in [-0.2, 0) is 0 Å². The molecule has 6 nitrogen and oxygen atoms in total. The zero-order chi connectivity index (χ0) is 16.8. The van der Waals surface area contributed by atoms with Gasteiger partial charge in [-0.05, 0) is 12.1 Å². The van der Waals surface area contributed by atoms with Crippen LogP contribution in [0.3, 0.4) is 0 Å². The van der Waals surface area contributed by atoms with Gasteiger partial charge in [0.2, 0.25) is 0 Å². The highest BCUT2D eigenvalue weighted by molar-refractivity contribution is 5.92. The Bertz CT molecular complexity index is 696. The molecule has 1 aromatic carbocycles. The summed E-state index contributed by atoms with van der Waals surface area (Å²) in [5.74, 6) is 0.586. The monoisotopic (exact) mass is 323 g/mol. The van der Waals surface area contributed by atoms with Crippen LogP contribution in [0.15, 0.2) is 55.4 Å². The maximum Gasteiger partial charge on any atom is 0.270 e. The quantitative estimate of drug-likeness (QED) is 0.849. The van der Waals surface area contributed by atoms with E-state index >= 15 is 0 Å². The average Bonchev–Trinajstić information content (AvgIpc) is 2.67. The molecule has 1 N–H and O–H groups in total. The highest BCUT2D eigenvalue weighted by Crippen LogP contribution is 2.19. The van der Waals surface area contributed by atoms with Crippen LogP contribution in [0, 0.1) is 0 Å². The molecule has 2 heterocycles. The molecule has 0 radical (unpaired) electrons. The largest absolute Gasteiger partial charge is 0.368 e. The number of piperazine rings is 1. The van der Waals surface area contributed by atoms with E-state index in [0.29, 0.717) is 12.2 Å². The van der Waals surface area contributed by atoms with Crippen molar-refractivity contribution in [1.29, 1.82) is 0 Å². The number of nitrogens with zero attached hydrogens (tertiary/aromatic N) is 4. The van der Waals surface area contributed by atoms with Crippen molar-refractivity contribution < 1.29 is 4.79 Å². The number of aromatic nitrogens is 2. The molecule has 0 atom stereocenters. The van der Waals surface area contributed by atoms with Crippen LogP contribution in [0.1, 0.15) is 10.5 Å². The first-order chi connectivity index (χ1) is 11.8. The van der Waals surface area contributed by atoms with Gasteiger partial charge in [-0.1, -0.05) is 24.3 Å². The van der Waals surface area contributed by atoms with Crippen LogP contribution in [0.2, 0.25) is 0 Å². The van der Waals surface area contributed by atoms with Crippen LogP contribution in [0.4, 0.5) is 11.5 Å². The second kappa shape index (κ2) is 7.59. The van der Waals surface area contributed by atoms with E-state index in [-0.39, 0.29) is 5.91 Å². The van der Waals surface area contributed by atoms with Crippen molar-refractivity contribution in [3.05, 3.63) is 61.1 Å². The van der Waals surface area contributed by atoms with E-state index in [1.54, 1.807) is 12.1 Å². The number of hydrogen-bond acceptors (Lipinski definition) is 5. The van der Waals surface area contributed by atoms with Crippen molar-refractivity contribution >= 4 is 17.4 Å². The molecule has 1 aromatic heterocycles. The van der Waals surface area contributed by atoms with Gasteiger partial charge in [-0.25, -0.2) is 9.97 Å². The van der Waals surface area contributed by atoms with Gasteiger partial charge in [-0.15, -0.1) is 6.58 Å². The fraction of sp³-hybridized carbons (Fsp3) is 0.278. The zero-order valence-corrected chi connectivity index (χ0v) is 13.6. The van der Waals surface area contributed by atoms with E-state index in [9.17, 15) is 4.79 Å². The second-order valence-electron chi connectivity index (χ2n) is 5.57. The molecule has 1 saturated heterocycles. The maximum absolute atomic E-state index is 12.0. The van der Waals surface area contributed by atoms with E-state index in [0.717, 1.165) is 32.0 Å². The molecule has 0 bridgehead atoms. The molecular formula is C18H21N5O. The summed E-state index contributed by atoms with van der Waals surface area (Å²) in [5, 5.41) is 2.73. The molecule has 0 aliphatic carbocycles. The smallest absolute Gasteiger partial charge is 0.270 e. The molecule has 6 heteroatoms. The first-order valence-corrected chi connectivity index (χ1v) is 8.04. The Labute approximate surface area is 141 Å². The molecule has 1 amide bonds. The minimum atomic E-state index is -0.207. The lowest BCUT2D eigenvalue weighted by molar-refractivity contribution is 0.0953. The summed E-state index contributed by atoms with van der Waals surface area (Å²) >= 11 is 0. The molecule has 0 spiro atoms. The SMILES string of the molecule is C=CCNC(=O)c1cc(N2CCN(c3ccccc3)CC2)ncn1. The van der Waals surface area contributed by atoms with Gasteiger partial charge in [0.1, 0.15) is 17.8 Å². The Kier molecular flexibility index (Phi) is 5.05. The Morgan fingerprint density at radius 2 is 1.83 bits per heavy atom. The molecule has 1 aliphatic rings. The summed E-state index contributed by atoms with van der Waals surface area (Å²) in [5.41, 5.74) is 1.62. The van der Waals surface area contributed by atoms with Gasteiger partial charge >= 0.3 is 0 Å². The van der Waals surface area contributed by atoms with Crippen molar-refractivity contribution in [2.75, 3.05) is 42.5 Å². The zero-order valence-electron chi connectivity index (χ0n) is 13.6. The minimum absolute atomic E-state index is 0.207. The number of para-hydroxylation sites is 1. The lowest BCUT2D eigenvalue weighted by Crippen LogP contribution is -2.47. The third-order valence-corrected chi connectivity index (χ3v) is 4.02. The van der Waals surface area contributed by atoms with E-state index in [1.807, 2.05) is 6.07 Å². The Hall–Kier alpha value is -2.89. The molecule has 2 aromatic rings. The Morgan fingerprint density at radius 3 is 2.54 bits per heavy atom. The predicted molar refractivity (Wildman–Crippen MR) is 95.4 cm³/mol. The van der Waals surface area contributed by atoms with Crippen LogP contribution in [0.25, 0.3) is 0 Å². The fourth-order valence-electron chi connectivity index (χ4n) is 2.73. The minimum Gasteiger partial charge on any atom is -0.368 e. The molecule has 0 unspecified atom stereocenters. The lowest BCUT2D eigenvalue weighted by atomic mass is 10.2. The first kappa shape index (κ1) is 16.0. The average molecular weight is 323 g/mol. The van der Waals surface area contributed by atoms with Crippen LogP contribution in [0.5, 0.6) is 0 Å². The van der Waals surface area contributed by atoms with E-state index in [2.05, 4.69) is 55.9 Å². The summed E-state index contributed by atoms with van der Waals surface area (Å²) in [4.78, 5) is 24.9. The Morgan fingerprint density at radius 1 is 1.12 bits per heavy atom. The second-order valence-corrected chi connectivity index (χ2v) is 5.57. The van der Waals surface area contributed by atoms with Gasteiger partial charge in [0.15, 0.2) is 0 Å². The van der Waals surface area contributed by atoms with Crippen LogP contribution >= 0.6 is 0 Å². The summed E-state index contributed by atoms with van der Waals surface area (Å²) in [6.45, 7) is 7.58. The van der Waals surface area contributed by atoms with Crippen molar-refractivity contribution in [3.8, 4) is 0 Å². The maximum atomic E-state index is 12.0. The summed E-state index contributed by atoms with van der Waals surface area (Å²) in [7, 11) is 0. The summed E-state index contributed by atoms with van der Waals surface area (Å²) in [6, 6.07) is 12.1. The summed E-state index contributed by atoms with van der Waals surface area (Å²) < 4.78 is 0. The van der Waals surface area contributed by atoms with Crippen molar-refractivity contribution in [2.24, 2.45) is 0 Å². The number of anilines is 2. The van der Waals surface area contributed by atoms with Gasteiger partial charge in [0, 0.05) is 44.5 Å². The Balaban J connectivity index is 1.64. The molecule has 1 fully saturated rings. The molecule has 3 rings (SSSR count). The standard InChI is InChI=1S/C18H21N5O/c1-2-8-19-18(24)16-13-17(21-14-20-16)23-11-9-22(10-12-23)15-6-4-3-5-7-15/h2-7,13-14H,1,8-12H2,(H,19,24). The van der Waals surface area contributed by atoms with Crippen molar-refractivity contribution in [3.63, 3.8) is 0 Å². The van der Waals surface area contributed by atoms with Gasteiger partial charge in [0.05, 0.1) is 0 Å². The van der Waals surface area contributed by atoms with Gasteiger partial charge in [-0.2, -0.15) is 0 Å².